The Morgan fingerprint density at radius 3 is 2.35 bits per heavy atom. The average Bonchev–Trinajstić information content (AvgIpc) is 3.21. The third-order valence-corrected chi connectivity index (χ3v) is 7.64. The first-order valence-electron chi connectivity index (χ1n) is 12.1. The van der Waals surface area contributed by atoms with Crippen molar-refractivity contribution in [3.8, 4) is 11.1 Å². The molecular weight excluding hydrogens is 430 g/mol. The molecule has 0 atom stereocenters. The molecule has 2 N–H and O–H groups in total. The van der Waals surface area contributed by atoms with E-state index in [0.29, 0.717) is 31.0 Å². The van der Waals surface area contributed by atoms with Gasteiger partial charge in [-0.25, -0.2) is 9.59 Å². The second kappa shape index (κ2) is 8.78. The summed E-state index contributed by atoms with van der Waals surface area (Å²) in [5.41, 5.74) is 4.52. The van der Waals surface area contributed by atoms with Gasteiger partial charge in [0.15, 0.2) is 0 Å². The summed E-state index contributed by atoms with van der Waals surface area (Å²) < 4.78 is 0. The molecule has 3 amide bonds. The fraction of sp³-hybridized carbons (Fsp3) is 0.444. The Labute approximate surface area is 199 Å². The normalized spacial score (nSPS) is 19.7. The van der Waals surface area contributed by atoms with Gasteiger partial charge in [0.05, 0.1) is 11.1 Å². The van der Waals surface area contributed by atoms with E-state index in [-0.39, 0.29) is 17.5 Å². The van der Waals surface area contributed by atoms with Crippen LogP contribution in [0.1, 0.15) is 47.2 Å². The van der Waals surface area contributed by atoms with Crippen LogP contribution >= 0.6 is 0 Å². The molecule has 7 nitrogen and oxygen atoms in total. The molecule has 178 valence electrons. The fourth-order valence-electron chi connectivity index (χ4n) is 5.63. The van der Waals surface area contributed by atoms with Gasteiger partial charge in [0.1, 0.15) is 0 Å². The van der Waals surface area contributed by atoms with Crippen molar-refractivity contribution in [1.29, 1.82) is 0 Å². The van der Waals surface area contributed by atoms with Crippen molar-refractivity contribution in [2.75, 3.05) is 26.2 Å². The van der Waals surface area contributed by atoms with Gasteiger partial charge in [-0.1, -0.05) is 30.3 Å². The van der Waals surface area contributed by atoms with Crippen LogP contribution in [0.3, 0.4) is 0 Å². The highest BCUT2D eigenvalue weighted by molar-refractivity contribution is 5.89. The molecule has 34 heavy (non-hydrogen) atoms. The maximum atomic E-state index is 12.8. The molecule has 5 rings (SSSR count). The van der Waals surface area contributed by atoms with E-state index in [9.17, 15) is 14.4 Å². The lowest BCUT2D eigenvalue weighted by Crippen LogP contribution is -2.70. The summed E-state index contributed by atoms with van der Waals surface area (Å²) in [6, 6.07) is 13.9. The second-order valence-electron chi connectivity index (χ2n) is 10.1. The Bertz CT molecular complexity index is 1110. The monoisotopic (exact) mass is 461 g/mol. The number of hydrogen-bond acceptors (Lipinski definition) is 3. The van der Waals surface area contributed by atoms with Gasteiger partial charge < -0.3 is 20.2 Å². The number of urea groups is 1. The van der Waals surface area contributed by atoms with Crippen LogP contribution in [0.25, 0.3) is 11.1 Å². The first-order valence-corrected chi connectivity index (χ1v) is 12.1. The van der Waals surface area contributed by atoms with Crippen LogP contribution in [0.15, 0.2) is 42.5 Å². The zero-order chi connectivity index (χ0) is 23.9. The van der Waals surface area contributed by atoms with Gasteiger partial charge in [-0.05, 0) is 72.9 Å². The van der Waals surface area contributed by atoms with E-state index in [1.54, 1.807) is 12.1 Å². The van der Waals surface area contributed by atoms with Crippen molar-refractivity contribution in [1.82, 2.24) is 15.1 Å². The number of rotatable bonds is 4. The number of hydrogen-bond donors (Lipinski definition) is 2. The van der Waals surface area contributed by atoms with Gasteiger partial charge in [0.2, 0.25) is 5.91 Å². The van der Waals surface area contributed by atoms with Crippen molar-refractivity contribution >= 4 is 17.9 Å². The van der Waals surface area contributed by atoms with Crippen molar-refractivity contribution in [2.45, 2.75) is 44.6 Å². The summed E-state index contributed by atoms with van der Waals surface area (Å²) >= 11 is 0. The number of nitrogens with zero attached hydrogens (tertiary/aromatic N) is 2. The molecular formula is C27H31N3O4. The van der Waals surface area contributed by atoms with Crippen molar-refractivity contribution in [3.05, 3.63) is 59.2 Å². The number of benzene rings is 2. The molecule has 1 spiro atoms. The highest BCUT2D eigenvalue weighted by Crippen LogP contribution is 2.32. The number of carboxylic acids is 1. The Hall–Kier alpha value is -3.35. The Morgan fingerprint density at radius 1 is 1.06 bits per heavy atom. The summed E-state index contributed by atoms with van der Waals surface area (Å²) in [4.78, 5) is 39.3. The van der Waals surface area contributed by atoms with Gasteiger partial charge in [-0.15, -0.1) is 0 Å². The summed E-state index contributed by atoms with van der Waals surface area (Å²) in [5, 5.41) is 12.2. The Balaban J connectivity index is 1.12. The molecule has 0 aromatic heterocycles. The number of piperidine rings is 1. The van der Waals surface area contributed by atoms with Gasteiger partial charge in [0.25, 0.3) is 0 Å². The van der Waals surface area contributed by atoms with E-state index in [1.807, 2.05) is 22.8 Å². The van der Waals surface area contributed by atoms with Crippen LogP contribution in [0.4, 0.5) is 4.79 Å². The lowest BCUT2D eigenvalue weighted by Gasteiger charge is -2.49. The maximum absolute atomic E-state index is 12.8. The number of carbonyl (C=O) groups is 3. The number of amides is 3. The largest absolute Gasteiger partial charge is 0.478 e. The van der Waals surface area contributed by atoms with Gasteiger partial charge in [0, 0.05) is 32.6 Å². The predicted octanol–water partition coefficient (Wildman–Crippen LogP) is 3.70. The van der Waals surface area contributed by atoms with Crippen LogP contribution in [0.5, 0.6) is 0 Å². The minimum absolute atomic E-state index is 0.104. The van der Waals surface area contributed by atoms with Crippen LogP contribution in [-0.2, 0) is 11.2 Å². The molecule has 0 unspecified atom stereocenters. The van der Waals surface area contributed by atoms with Crippen LogP contribution in [0.2, 0.25) is 0 Å². The summed E-state index contributed by atoms with van der Waals surface area (Å²) in [6.45, 7) is 4.79. The summed E-state index contributed by atoms with van der Waals surface area (Å²) in [7, 11) is 0. The van der Waals surface area contributed by atoms with Gasteiger partial charge >= 0.3 is 12.0 Å². The first kappa shape index (κ1) is 22.4. The molecule has 7 heteroatoms. The molecule has 2 aromatic carbocycles. The molecule has 3 aliphatic heterocycles. The number of aromatic carboxylic acids is 1. The van der Waals surface area contributed by atoms with Crippen LogP contribution in [0, 0.1) is 12.8 Å². The lowest BCUT2D eigenvalue weighted by molar-refractivity contribution is -0.120. The van der Waals surface area contributed by atoms with E-state index < -0.39 is 5.97 Å². The summed E-state index contributed by atoms with van der Waals surface area (Å²) in [6.07, 6.45) is 4.41. The van der Waals surface area contributed by atoms with E-state index in [4.69, 9.17) is 5.11 Å². The van der Waals surface area contributed by atoms with Crippen molar-refractivity contribution in [3.63, 3.8) is 0 Å². The molecule has 3 heterocycles. The van der Waals surface area contributed by atoms with Gasteiger partial charge in [-0.2, -0.15) is 0 Å². The second-order valence-corrected chi connectivity index (χ2v) is 10.1. The average molecular weight is 462 g/mol. The number of aryl methyl sites for hydroxylation is 1. The quantitative estimate of drug-likeness (QED) is 0.727. The third kappa shape index (κ3) is 4.39. The molecule has 2 aromatic rings. The molecule has 0 saturated carbocycles. The molecule has 0 bridgehead atoms. The van der Waals surface area contributed by atoms with Crippen molar-refractivity contribution in [2.24, 2.45) is 5.92 Å². The Kier molecular flexibility index (Phi) is 5.80. The highest BCUT2D eigenvalue weighted by atomic mass is 16.4. The summed E-state index contributed by atoms with van der Waals surface area (Å²) in [5.74, 6) is -0.246. The topological polar surface area (TPSA) is 90.0 Å². The molecule has 0 aliphatic carbocycles. The molecule has 3 saturated heterocycles. The zero-order valence-electron chi connectivity index (χ0n) is 19.5. The predicted molar refractivity (Wildman–Crippen MR) is 129 cm³/mol. The lowest BCUT2D eigenvalue weighted by atomic mass is 9.87. The van der Waals surface area contributed by atoms with E-state index >= 15 is 0 Å². The molecule has 3 fully saturated rings. The SMILES string of the molecule is Cc1cc(C(=O)O)ccc1-c1ccc(CC2CCN(C(=O)N3CC4(CCC(=O)N4)C3)CC2)cc1. The number of likely N-dealkylation sites (tertiary alicyclic amines) is 2. The maximum Gasteiger partial charge on any atom is 0.335 e. The van der Waals surface area contributed by atoms with Crippen molar-refractivity contribution < 1.29 is 19.5 Å². The first-order chi connectivity index (χ1) is 16.3. The smallest absolute Gasteiger partial charge is 0.335 e. The Morgan fingerprint density at radius 2 is 1.76 bits per heavy atom. The minimum Gasteiger partial charge on any atom is -0.478 e. The van der Waals surface area contributed by atoms with E-state index in [1.165, 1.54) is 5.56 Å². The van der Waals surface area contributed by atoms with Gasteiger partial charge in [-0.3, -0.25) is 4.79 Å². The molecule has 3 aliphatic rings. The fourth-order valence-corrected chi connectivity index (χ4v) is 5.63. The number of nitrogens with one attached hydrogen (secondary N) is 1. The van der Waals surface area contributed by atoms with Crippen LogP contribution in [-0.4, -0.2) is 64.5 Å². The van der Waals surface area contributed by atoms with E-state index in [0.717, 1.165) is 55.5 Å². The number of carboxylic acid groups (broad SMARTS) is 1. The van der Waals surface area contributed by atoms with E-state index in [2.05, 4.69) is 29.6 Å². The standard InChI is InChI=1S/C27H31N3O4/c1-18-14-22(25(32)33)6-7-23(18)21-4-2-19(3-5-21)15-20-9-12-29(13-10-20)26(34)30-16-27(17-30)11-8-24(31)28-27/h2-7,14,20H,8-13,15-17H2,1H3,(H,28,31)(H,32,33). The number of carbonyl (C=O) groups excluding carboxylic acids is 2. The van der Waals surface area contributed by atoms with Crippen LogP contribution < -0.4 is 5.32 Å². The molecule has 0 radical (unpaired) electrons. The minimum atomic E-state index is -0.908. The highest BCUT2D eigenvalue weighted by Gasteiger charge is 2.50. The third-order valence-electron chi connectivity index (χ3n) is 7.64. The zero-order valence-corrected chi connectivity index (χ0v) is 19.5.